The largest absolute Gasteiger partial charge is 0.497 e. The first-order valence-electron chi connectivity index (χ1n) is 10.0. The van der Waals surface area contributed by atoms with Gasteiger partial charge in [-0.3, -0.25) is 0 Å². The molecular weight excluding hydrogens is 443 g/mol. The van der Waals surface area contributed by atoms with E-state index in [1.54, 1.807) is 25.3 Å². The molecule has 0 aliphatic carbocycles. The molecule has 0 amide bonds. The monoisotopic (exact) mass is 464 g/mol. The highest BCUT2D eigenvalue weighted by Gasteiger charge is 2.18. The number of thiophene rings is 1. The molecule has 0 unspecified atom stereocenters. The molecule has 1 heterocycles. The zero-order valence-corrected chi connectivity index (χ0v) is 19.1. The molecule has 1 aromatic heterocycles. The molecule has 0 spiro atoms. The number of esters is 1. The van der Waals surface area contributed by atoms with Crippen LogP contribution >= 0.6 is 11.3 Å². The first-order valence-corrected chi connectivity index (χ1v) is 10.8. The van der Waals surface area contributed by atoms with Crippen LogP contribution < -0.4 is 14.2 Å². The lowest BCUT2D eigenvalue weighted by atomic mass is 10.1. The molecule has 4 aromatic rings. The van der Waals surface area contributed by atoms with Crippen molar-refractivity contribution in [1.82, 2.24) is 0 Å². The van der Waals surface area contributed by atoms with Crippen LogP contribution in [0.4, 0.5) is 4.39 Å². The molecule has 168 valence electrons. The van der Waals surface area contributed by atoms with Gasteiger partial charge in [-0.2, -0.15) is 0 Å². The molecule has 0 atom stereocenters. The van der Waals surface area contributed by atoms with Gasteiger partial charge in [-0.25, -0.2) is 9.18 Å². The first kappa shape index (κ1) is 22.4. The second-order valence-electron chi connectivity index (χ2n) is 7.00. The summed E-state index contributed by atoms with van der Waals surface area (Å²) in [6.45, 7) is 0. The van der Waals surface area contributed by atoms with Gasteiger partial charge in [0.2, 0.25) is 0 Å². The predicted molar refractivity (Wildman–Crippen MR) is 128 cm³/mol. The van der Waals surface area contributed by atoms with Crippen molar-refractivity contribution in [2.75, 3.05) is 21.3 Å². The number of ether oxygens (including phenoxy) is 4. The molecule has 7 heteroatoms. The average molecular weight is 465 g/mol. The summed E-state index contributed by atoms with van der Waals surface area (Å²) >= 11 is 1.49. The van der Waals surface area contributed by atoms with Crippen molar-refractivity contribution in [3.63, 3.8) is 0 Å². The normalized spacial score (nSPS) is 11.0. The van der Waals surface area contributed by atoms with Crippen molar-refractivity contribution in [3.8, 4) is 33.4 Å². The highest BCUT2D eigenvalue weighted by molar-refractivity contribution is 7.22. The molecular formula is C26H21FO5S. The third-order valence-corrected chi connectivity index (χ3v) is 6.16. The summed E-state index contributed by atoms with van der Waals surface area (Å²) < 4.78 is 36.7. The maximum atomic E-state index is 14.4. The summed E-state index contributed by atoms with van der Waals surface area (Å²) in [5, 5.41) is 0.890. The molecule has 3 aromatic carbocycles. The maximum absolute atomic E-state index is 14.4. The first-order chi connectivity index (χ1) is 16.0. The van der Waals surface area contributed by atoms with Crippen LogP contribution in [0.2, 0.25) is 0 Å². The van der Waals surface area contributed by atoms with Crippen LogP contribution in [0.3, 0.4) is 0 Å². The third kappa shape index (κ3) is 4.83. The number of hydrogen-bond acceptors (Lipinski definition) is 6. The summed E-state index contributed by atoms with van der Waals surface area (Å²) in [6, 6.07) is 17.8. The lowest BCUT2D eigenvalue weighted by Crippen LogP contribution is -1.93. The van der Waals surface area contributed by atoms with Gasteiger partial charge in [-0.05, 0) is 65.7 Å². The molecule has 0 radical (unpaired) electrons. The lowest BCUT2D eigenvalue weighted by molar-refractivity contribution is -0.134. The summed E-state index contributed by atoms with van der Waals surface area (Å²) in [7, 11) is 4.38. The van der Waals surface area contributed by atoms with Crippen LogP contribution in [-0.4, -0.2) is 27.3 Å². The number of benzene rings is 3. The van der Waals surface area contributed by atoms with E-state index < -0.39 is 11.8 Å². The summed E-state index contributed by atoms with van der Waals surface area (Å²) in [6.07, 6.45) is 3.01. The molecule has 0 aliphatic heterocycles. The van der Waals surface area contributed by atoms with E-state index in [0.29, 0.717) is 17.1 Å². The average Bonchev–Trinajstić information content (AvgIpc) is 3.20. The number of rotatable bonds is 7. The smallest absolute Gasteiger partial charge is 0.330 e. The van der Waals surface area contributed by atoms with E-state index in [9.17, 15) is 9.18 Å². The Labute approximate surface area is 194 Å². The zero-order chi connectivity index (χ0) is 23.4. The van der Waals surface area contributed by atoms with Gasteiger partial charge in [0.1, 0.15) is 11.5 Å². The molecule has 0 saturated heterocycles. The molecule has 4 rings (SSSR count). The minimum Gasteiger partial charge on any atom is -0.497 e. The highest BCUT2D eigenvalue weighted by Crippen LogP contribution is 2.47. The van der Waals surface area contributed by atoms with Gasteiger partial charge in [0.05, 0.1) is 26.2 Å². The van der Waals surface area contributed by atoms with Crippen molar-refractivity contribution >= 4 is 33.5 Å². The Kier molecular flexibility index (Phi) is 6.60. The van der Waals surface area contributed by atoms with Gasteiger partial charge in [0, 0.05) is 16.2 Å². The van der Waals surface area contributed by atoms with Crippen molar-refractivity contribution in [2.45, 2.75) is 0 Å². The van der Waals surface area contributed by atoms with Gasteiger partial charge in [-0.15, -0.1) is 11.3 Å². The molecule has 0 N–H and O–H groups in total. The van der Waals surface area contributed by atoms with E-state index in [-0.39, 0.29) is 5.75 Å². The Morgan fingerprint density at radius 1 is 0.909 bits per heavy atom. The van der Waals surface area contributed by atoms with Crippen LogP contribution in [0.15, 0.2) is 66.7 Å². The Morgan fingerprint density at radius 2 is 1.67 bits per heavy atom. The topological polar surface area (TPSA) is 54.0 Å². The molecule has 0 saturated carbocycles. The van der Waals surface area contributed by atoms with Crippen LogP contribution in [0, 0.1) is 5.82 Å². The van der Waals surface area contributed by atoms with E-state index in [4.69, 9.17) is 14.2 Å². The Bertz CT molecular complexity index is 1320. The fourth-order valence-corrected chi connectivity index (χ4v) is 4.43. The summed E-state index contributed by atoms with van der Waals surface area (Å²) in [5.41, 5.74) is 1.51. The second kappa shape index (κ2) is 9.75. The van der Waals surface area contributed by atoms with Gasteiger partial charge >= 0.3 is 5.97 Å². The number of halogens is 1. The minimum atomic E-state index is -0.447. The van der Waals surface area contributed by atoms with E-state index in [1.807, 2.05) is 42.5 Å². The molecule has 0 fully saturated rings. The molecule has 0 aliphatic rings. The molecule has 0 bridgehead atoms. The van der Waals surface area contributed by atoms with E-state index in [1.165, 1.54) is 37.7 Å². The fourth-order valence-electron chi connectivity index (χ4n) is 3.28. The van der Waals surface area contributed by atoms with E-state index in [0.717, 1.165) is 26.3 Å². The maximum Gasteiger partial charge on any atom is 0.330 e. The van der Waals surface area contributed by atoms with Crippen molar-refractivity contribution in [1.29, 1.82) is 0 Å². The Hall–Kier alpha value is -3.84. The van der Waals surface area contributed by atoms with Crippen LogP contribution in [0.25, 0.3) is 26.6 Å². The summed E-state index contributed by atoms with van der Waals surface area (Å²) in [5.74, 6) is 1.27. The standard InChI is InChI=1S/C26H21FO5S/c1-29-19-10-11-20-23(15-19)33-26(17-7-12-22(30-2)21(27)14-17)25(20)32-18-8-4-16(5-9-18)6-13-24(28)31-3/h4-15H,1-3H3/b13-6+. The predicted octanol–water partition coefficient (Wildman–Crippen LogP) is 6.70. The lowest BCUT2D eigenvalue weighted by Gasteiger charge is -2.10. The third-order valence-electron chi connectivity index (χ3n) is 4.98. The van der Waals surface area contributed by atoms with Crippen molar-refractivity contribution in [3.05, 3.63) is 78.1 Å². The number of methoxy groups -OCH3 is 3. The molecule has 5 nitrogen and oxygen atoms in total. The van der Waals surface area contributed by atoms with Crippen LogP contribution in [0.1, 0.15) is 5.56 Å². The van der Waals surface area contributed by atoms with Crippen LogP contribution in [-0.2, 0) is 9.53 Å². The van der Waals surface area contributed by atoms with Gasteiger partial charge < -0.3 is 18.9 Å². The zero-order valence-electron chi connectivity index (χ0n) is 18.3. The fraction of sp³-hybridized carbons (Fsp3) is 0.115. The number of carbonyl (C=O) groups excluding carboxylic acids is 1. The second-order valence-corrected chi connectivity index (χ2v) is 8.05. The van der Waals surface area contributed by atoms with Gasteiger partial charge in [0.25, 0.3) is 0 Å². The molecule has 33 heavy (non-hydrogen) atoms. The minimum absolute atomic E-state index is 0.180. The van der Waals surface area contributed by atoms with Crippen molar-refractivity contribution in [2.24, 2.45) is 0 Å². The van der Waals surface area contributed by atoms with E-state index >= 15 is 0 Å². The Morgan fingerprint density at radius 3 is 2.33 bits per heavy atom. The van der Waals surface area contributed by atoms with E-state index in [2.05, 4.69) is 4.74 Å². The van der Waals surface area contributed by atoms with Gasteiger partial charge in [0.15, 0.2) is 17.3 Å². The summed E-state index contributed by atoms with van der Waals surface area (Å²) in [4.78, 5) is 12.1. The quantitative estimate of drug-likeness (QED) is 0.225. The Balaban J connectivity index is 1.74. The number of hydrogen-bond donors (Lipinski definition) is 0. The van der Waals surface area contributed by atoms with Crippen LogP contribution in [0.5, 0.6) is 23.0 Å². The SMILES string of the molecule is COC(=O)/C=C/c1ccc(Oc2c(-c3ccc(OC)c(F)c3)sc3cc(OC)ccc23)cc1. The van der Waals surface area contributed by atoms with Gasteiger partial charge in [-0.1, -0.05) is 12.1 Å². The number of fused-ring (bicyclic) bond motifs is 1. The highest BCUT2D eigenvalue weighted by atomic mass is 32.1. The number of carbonyl (C=O) groups is 1. The van der Waals surface area contributed by atoms with Crippen molar-refractivity contribution < 1.29 is 28.1 Å².